The third-order valence-electron chi connectivity index (χ3n) is 2.06. The van der Waals surface area contributed by atoms with Crippen LogP contribution in [0.2, 0.25) is 0 Å². The van der Waals surface area contributed by atoms with E-state index in [0.717, 1.165) is 12.8 Å². The molecule has 0 aliphatic rings. The van der Waals surface area contributed by atoms with Crippen molar-refractivity contribution in [1.29, 1.82) is 0 Å². The summed E-state index contributed by atoms with van der Waals surface area (Å²) in [6.45, 7) is 4.20. The largest absolute Gasteiger partial charge is 0.270 e. The van der Waals surface area contributed by atoms with Crippen LogP contribution in [-0.2, 0) is 10.0 Å². The molecule has 0 saturated heterocycles. The zero-order valence-electron chi connectivity index (χ0n) is 8.89. The van der Waals surface area contributed by atoms with Gasteiger partial charge in [-0.2, -0.15) is 0 Å². The molecule has 4 heteroatoms. The van der Waals surface area contributed by atoms with E-state index in [2.05, 4.69) is 6.92 Å². The Morgan fingerprint density at radius 3 is 2.33 bits per heavy atom. The van der Waals surface area contributed by atoms with Crippen molar-refractivity contribution < 1.29 is 8.42 Å². The molecule has 0 saturated carbocycles. The topological polar surface area (TPSA) is 37.4 Å². The van der Waals surface area contributed by atoms with Crippen molar-refractivity contribution in [3.05, 3.63) is 37.3 Å². The van der Waals surface area contributed by atoms with Gasteiger partial charge in [0.25, 0.3) is 0 Å². The Balaban J connectivity index is 2.92. The fourth-order valence-electron chi connectivity index (χ4n) is 1.34. The normalized spacial score (nSPS) is 11.3. The van der Waals surface area contributed by atoms with Gasteiger partial charge in [0.2, 0.25) is 10.0 Å². The molecule has 0 atom stereocenters. The van der Waals surface area contributed by atoms with Crippen molar-refractivity contribution in [2.45, 2.75) is 12.8 Å². The van der Waals surface area contributed by atoms with Crippen molar-refractivity contribution in [1.82, 2.24) is 0 Å². The highest BCUT2D eigenvalue weighted by Gasteiger charge is 2.15. The lowest BCUT2D eigenvalue weighted by Gasteiger charge is -2.21. The van der Waals surface area contributed by atoms with Crippen LogP contribution in [0.3, 0.4) is 0 Å². The number of sulfonamides is 1. The van der Waals surface area contributed by atoms with Gasteiger partial charge in [0, 0.05) is 6.54 Å². The molecule has 0 aromatic heterocycles. The molecule has 1 radical (unpaired) electrons. The molecule has 1 rings (SSSR count). The van der Waals surface area contributed by atoms with Gasteiger partial charge in [0.15, 0.2) is 0 Å². The Hall–Kier alpha value is -1.03. The lowest BCUT2D eigenvalue weighted by molar-refractivity contribution is 0.595. The molecule has 0 amide bonds. The third-order valence-corrected chi connectivity index (χ3v) is 3.25. The Kier molecular flexibility index (Phi) is 4.15. The zero-order valence-corrected chi connectivity index (χ0v) is 9.70. The van der Waals surface area contributed by atoms with E-state index in [1.807, 2.05) is 18.2 Å². The maximum atomic E-state index is 11.5. The maximum absolute atomic E-state index is 11.5. The molecule has 1 aromatic rings. The first kappa shape index (κ1) is 12.0. The first-order valence-corrected chi connectivity index (χ1v) is 6.72. The molecule has 0 spiro atoms. The highest BCUT2D eigenvalue weighted by Crippen LogP contribution is 2.17. The smallest absolute Gasteiger partial charge is 0.232 e. The molecular weight excluding hydrogens is 210 g/mol. The summed E-state index contributed by atoms with van der Waals surface area (Å²) in [6, 6.07) is 9.12. The summed E-state index contributed by atoms with van der Waals surface area (Å²) >= 11 is 0. The number of nitrogens with zero attached hydrogens (tertiary/aromatic N) is 1. The van der Waals surface area contributed by atoms with Crippen molar-refractivity contribution in [2.75, 3.05) is 17.1 Å². The van der Waals surface area contributed by atoms with Gasteiger partial charge < -0.3 is 0 Å². The predicted molar refractivity (Wildman–Crippen MR) is 63.2 cm³/mol. The summed E-state index contributed by atoms with van der Waals surface area (Å²) in [4.78, 5) is 0. The van der Waals surface area contributed by atoms with Crippen molar-refractivity contribution in [3.63, 3.8) is 0 Å². The fraction of sp³-hybridized carbons (Fsp3) is 0.364. The van der Waals surface area contributed by atoms with Crippen LogP contribution < -0.4 is 4.31 Å². The second kappa shape index (κ2) is 5.16. The molecule has 0 unspecified atom stereocenters. The van der Waals surface area contributed by atoms with Crippen LogP contribution in [-0.4, -0.2) is 21.2 Å². The van der Waals surface area contributed by atoms with Gasteiger partial charge in [-0.1, -0.05) is 31.5 Å². The van der Waals surface area contributed by atoms with Crippen molar-refractivity contribution in [3.8, 4) is 0 Å². The van der Waals surface area contributed by atoms with Crippen LogP contribution in [0.5, 0.6) is 0 Å². The summed E-state index contributed by atoms with van der Waals surface area (Å²) in [5.74, 6) is 0. The highest BCUT2D eigenvalue weighted by atomic mass is 32.2. The quantitative estimate of drug-likeness (QED) is 0.770. The van der Waals surface area contributed by atoms with Crippen LogP contribution in [0.15, 0.2) is 30.3 Å². The number of hydrogen-bond acceptors (Lipinski definition) is 2. The van der Waals surface area contributed by atoms with Gasteiger partial charge in [-0.05, 0) is 18.6 Å². The monoisotopic (exact) mass is 226 g/mol. The molecule has 15 heavy (non-hydrogen) atoms. The lowest BCUT2D eigenvalue weighted by Crippen LogP contribution is -2.30. The van der Waals surface area contributed by atoms with Crippen LogP contribution in [0.4, 0.5) is 5.69 Å². The van der Waals surface area contributed by atoms with Gasteiger partial charge in [-0.25, -0.2) is 8.42 Å². The van der Waals surface area contributed by atoms with Gasteiger partial charge in [-0.3, -0.25) is 4.31 Å². The summed E-state index contributed by atoms with van der Waals surface area (Å²) in [7, 11) is -3.18. The Morgan fingerprint density at radius 1 is 1.27 bits per heavy atom. The Labute approximate surface area is 91.8 Å². The number of unbranched alkanes of at least 4 members (excludes halogenated alkanes) is 1. The van der Waals surface area contributed by atoms with Crippen LogP contribution >= 0.6 is 0 Å². The maximum Gasteiger partial charge on any atom is 0.232 e. The summed E-state index contributed by atoms with van der Waals surface area (Å²) < 4.78 is 24.5. The molecule has 0 N–H and O–H groups in total. The number of rotatable bonds is 5. The van der Waals surface area contributed by atoms with Crippen LogP contribution in [0, 0.1) is 6.92 Å². The minimum Gasteiger partial charge on any atom is -0.270 e. The molecular formula is C11H16NO2S. The van der Waals surface area contributed by atoms with E-state index in [4.69, 9.17) is 0 Å². The van der Waals surface area contributed by atoms with E-state index in [-0.39, 0.29) is 0 Å². The number of anilines is 1. The number of benzene rings is 1. The lowest BCUT2D eigenvalue weighted by atomic mass is 10.3. The van der Waals surface area contributed by atoms with Gasteiger partial charge >= 0.3 is 0 Å². The van der Waals surface area contributed by atoms with Gasteiger partial charge in [0.1, 0.15) is 0 Å². The molecule has 83 valence electrons. The van der Waals surface area contributed by atoms with E-state index in [1.165, 1.54) is 10.6 Å². The molecule has 1 aromatic carbocycles. The Bertz CT molecular complexity index is 386. The molecule has 0 heterocycles. The molecule has 0 fully saturated rings. The first-order chi connectivity index (χ1) is 7.05. The van der Waals surface area contributed by atoms with E-state index in [9.17, 15) is 8.42 Å². The van der Waals surface area contributed by atoms with Crippen LogP contribution in [0.1, 0.15) is 12.8 Å². The molecule has 0 bridgehead atoms. The summed E-state index contributed by atoms with van der Waals surface area (Å²) in [5.41, 5.74) is 0.716. The zero-order chi connectivity index (χ0) is 11.3. The first-order valence-electron chi connectivity index (χ1n) is 4.87. The predicted octanol–water partition coefficient (Wildman–Crippen LogP) is 2.07. The second-order valence-electron chi connectivity index (χ2n) is 3.38. The van der Waals surface area contributed by atoms with Crippen molar-refractivity contribution in [2.24, 2.45) is 0 Å². The van der Waals surface area contributed by atoms with Crippen molar-refractivity contribution >= 4 is 15.7 Å². The van der Waals surface area contributed by atoms with E-state index < -0.39 is 10.0 Å². The summed E-state index contributed by atoms with van der Waals surface area (Å²) in [6.07, 6.45) is 2.73. The third kappa shape index (κ3) is 3.55. The second-order valence-corrected chi connectivity index (χ2v) is 5.28. The van der Waals surface area contributed by atoms with Crippen LogP contribution in [0.25, 0.3) is 0 Å². The van der Waals surface area contributed by atoms with E-state index >= 15 is 0 Å². The van der Waals surface area contributed by atoms with Gasteiger partial charge in [-0.15, -0.1) is 0 Å². The average molecular weight is 226 g/mol. The summed E-state index contributed by atoms with van der Waals surface area (Å²) in [5, 5.41) is 0. The SMILES string of the molecule is [CH2]CCCN(c1ccccc1)S(C)(=O)=O. The standard InChI is InChI=1S/C11H16NO2S/c1-3-4-10-12(15(2,13)14)11-8-6-5-7-9-11/h5-9H,1,3-4,10H2,2H3. The minimum atomic E-state index is -3.18. The molecule has 3 nitrogen and oxygen atoms in total. The number of hydrogen-bond donors (Lipinski definition) is 0. The Morgan fingerprint density at radius 2 is 1.87 bits per heavy atom. The minimum absolute atomic E-state index is 0.492. The average Bonchev–Trinajstić information content (AvgIpc) is 2.18. The molecule has 0 aliphatic carbocycles. The highest BCUT2D eigenvalue weighted by molar-refractivity contribution is 7.92. The van der Waals surface area contributed by atoms with E-state index in [0.29, 0.717) is 12.2 Å². The van der Waals surface area contributed by atoms with E-state index in [1.54, 1.807) is 12.1 Å². The number of para-hydroxylation sites is 1. The molecule has 0 aliphatic heterocycles. The fourth-order valence-corrected chi connectivity index (χ4v) is 2.30. The van der Waals surface area contributed by atoms with Gasteiger partial charge in [0.05, 0.1) is 11.9 Å².